The Balaban J connectivity index is 0.000000220. The Labute approximate surface area is 147 Å². The lowest BCUT2D eigenvalue weighted by atomic mass is 10.1. The number of hydrogen-bond acceptors (Lipinski definition) is 4. The van der Waals surface area contributed by atoms with Crippen LogP contribution in [0.15, 0.2) is 49.3 Å². The van der Waals surface area contributed by atoms with Gasteiger partial charge < -0.3 is 10.8 Å². The highest BCUT2D eigenvalue weighted by atomic mass is 19.3. The fourth-order valence-electron chi connectivity index (χ4n) is 2.15. The summed E-state index contributed by atoms with van der Waals surface area (Å²) >= 11 is 0. The van der Waals surface area contributed by atoms with Gasteiger partial charge in [0.2, 0.25) is 0 Å². The van der Waals surface area contributed by atoms with Crippen LogP contribution in [0.3, 0.4) is 0 Å². The molecule has 2 aromatic rings. The van der Waals surface area contributed by atoms with Crippen molar-refractivity contribution in [2.24, 2.45) is 5.73 Å². The van der Waals surface area contributed by atoms with Crippen molar-refractivity contribution in [1.29, 1.82) is 0 Å². The summed E-state index contributed by atoms with van der Waals surface area (Å²) in [5, 5.41) is 9.14. The van der Waals surface area contributed by atoms with Gasteiger partial charge in [-0.15, -0.1) is 0 Å². The van der Waals surface area contributed by atoms with Gasteiger partial charge in [0, 0.05) is 35.8 Å². The summed E-state index contributed by atoms with van der Waals surface area (Å²) < 4.78 is 26.5. The Morgan fingerprint density at radius 2 is 1.92 bits per heavy atom. The van der Waals surface area contributed by atoms with Crippen LogP contribution in [0, 0.1) is 0 Å². The first-order valence-corrected chi connectivity index (χ1v) is 8.00. The van der Waals surface area contributed by atoms with Crippen molar-refractivity contribution in [3.63, 3.8) is 0 Å². The van der Waals surface area contributed by atoms with E-state index in [0.29, 0.717) is 16.8 Å². The summed E-state index contributed by atoms with van der Waals surface area (Å²) in [6.45, 7) is 8.03. The molecule has 0 saturated heterocycles. The average Bonchev–Trinajstić information content (AvgIpc) is 2.79. The Kier molecular flexibility index (Phi) is 7.51. The lowest BCUT2D eigenvalue weighted by Gasteiger charge is -2.18. The Morgan fingerprint density at radius 1 is 1.32 bits per heavy atom. The van der Waals surface area contributed by atoms with Crippen LogP contribution in [0.4, 0.5) is 8.78 Å². The number of aromatic hydroxyl groups is 1. The third kappa shape index (κ3) is 5.26. The van der Waals surface area contributed by atoms with Crippen molar-refractivity contribution in [1.82, 2.24) is 9.88 Å². The molecule has 136 valence electrons. The highest BCUT2D eigenvalue weighted by Crippen LogP contribution is 2.39. The molecule has 2 heterocycles. The summed E-state index contributed by atoms with van der Waals surface area (Å²) in [5.41, 5.74) is 7.05. The largest absolute Gasteiger partial charge is 0.507 e. The number of fused-ring (bicyclic) bond motifs is 1. The second-order valence-electron chi connectivity index (χ2n) is 5.68. The van der Waals surface area contributed by atoms with Crippen molar-refractivity contribution in [3.05, 3.63) is 66.0 Å². The summed E-state index contributed by atoms with van der Waals surface area (Å²) in [6, 6.07) is 5.39. The van der Waals surface area contributed by atoms with Crippen molar-refractivity contribution < 1.29 is 13.9 Å². The molecule has 3 rings (SSSR count). The highest BCUT2D eigenvalue weighted by molar-refractivity contribution is 5.65. The predicted molar refractivity (Wildman–Crippen MR) is 96.9 cm³/mol. The number of benzene rings is 1. The van der Waals surface area contributed by atoms with E-state index in [-0.39, 0.29) is 17.9 Å². The second-order valence-corrected chi connectivity index (χ2v) is 5.68. The second kappa shape index (κ2) is 9.13. The van der Waals surface area contributed by atoms with Crippen molar-refractivity contribution >= 4 is 5.70 Å². The number of hydrogen-bond donors (Lipinski definition) is 2. The maximum atomic E-state index is 13.2. The van der Waals surface area contributed by atoms with E-state index in [1.165, 1.54) is 31.9 Å². The predicted octanol–water partition coefficient (Wildman–Crippen LogP) is 4.31. The molecule has 0 saturated carbocycles. The van der Waals surface area contributed by atoms with E-state index in [2.05, 4.69) is 25.4 Å². The van der Waals surface area contributed by atoms with Crippen molar-refractivity contribution in [2.75, 3.05) is 7.05 Å². The molecule has 0 fully saturated rings. The molecular formula is C19H25F2N3O. The topological polar surface area (TPSA) is 62.4 Å². The van der Waals surface area contributed by atoms with E-state index in [0.717, 1.165) is 4.90 Å². The number of phenolic OH excluding ortho intramolecular Hbond substituents is 1. The molecule has 1 aromatic heterocycles. The number of nitrogens with zero attached hydrogens (tertiary/aromatic N) is 2. The number of nitrogens with two attached hydrogens (primary N) is 1. The quantitative estimate of drug-likeness (QED) is 0.753. The van der Waals surface area contributed by atoms with Gasteiger partial charge >= 0.3 is 6.05 Å². The summed E-state index contributed by atoms with van der Waals surface area (Å²) in [4.78, 5) is 4.81. The van der Waals surface area contributed by atoms with Crippen LogP contribution in [0.1, 0.15) is 37.0 Å². The van der Waals surface area contributed by atoms with Crippen LogP contribution >= 0.6 is 0 Å². The number of para-hydroxylation sites is 1. The lowest BCUT2D eigenvalue weighted by molar-refractivity contribution is -0.131. The maximum Gasteiger partial charge on any atom is 0.332 e. The van der Waals surface area contributed by atoms with Gasteiger partial charge in [-0.05, 0) is 30.8 Å². The standard InChI is InChI=1S/C8H8F2N2.C8H9NO.C3H8/c1-12-5-6-4-11-3-2-7(6)8(12,9)10;1-6(9)7-4-2-3-5-8(7)10;1-3-2/h2-4H,5H2,1H3;2-5,10H,1,9H2;3H2,1-2H3. The van der Waals surface area contributed by atoms with Crippen LogP contribution in [0.5, 0.6) is 5.75 Å². The number of phenols is 1. The zero-order valence-electron chi connectivity index (χ0n) is 14.8. The zero-order chi connectivity index (χ0) is 19.0. The first kappa shape index (κ1) is 20.6. The molecule has 0 spiro atoms. The van der Waals surface area contributed by atoms with E-state index in [1.807, 2.05) is 0 Å². The van der Waals surface area contributed by atoms with Gasteiger partial charge in [-0.3, -0.25) is 4.98 Å². The maximum absolute atomic E-state index is 13.2. The highest BCUT2D eigenvalue weighted by Gasteiger charge is 2.44. The van der Waals surface area contributed by atoms with E-state index in [1.54, 1.807) is 24.3 Å². The molecule has 0 aliphatic carbocycles. The third-order valence-electron chi connectivity index (χ3n) is 3.36. The van der Waals surface area contributed by atoms with E-state index in [4.69, 9.17) is 10.8 Å². The molecule has 3 N–H and O–H groups in total. The van der Waals surface area contributed by atoms with Crippen LogP contribution in [0.2, 0.25) is 0 Å². The van der Waals surface area contributed by atoms with Gasteiger partial charge in [0.25, 0.3) is 0 Å². The summed E-state index contributed by atoms with van der Waals surface area (Å²) in [5.74, 6) is 0.176. The molecule has 0 unspecified atom stereocenters. The molecule has 25 heavy (non-hydrogen) atoms. The lowest BCUT2D eigenvalue weighted by Crippen LogP contribution is -2.28. The summed E-state index contributed by atoms with van der Waals surface area (Å²) in [6.07, 6.45) is 4.14. The Hall–Kier alpha value is -2.47. The minimum Gasteiger partial charge on any atom is -0.507 e. The number of rotatable bonds is 1. The monoisotopic (exact) mass is 349 g/mol. The number of alkyl halides is 2. The van der Waals surface area contributed by atoms with E-state index in [9.17, 15) is 8.78 Å². The fraction of sp³-hybridized carbons (Fsp3) is 0.316. The van der Waals surface area contributed by atoms with Crippen LogP contribution in [-0.4, -0.2) is 22.0 Å². The molecule has 0 amide bonds. The van der Waals surface area contributed by atoms with Gasteiger partial charge in [0.1, 0.15) is 5.75 Å². The van der Waals surface area contributed by atoms with E-state index < -0.39 is 6.05 Å². The summed E-state index contributed by atoms with van der Waals surface area (Å²) in [7, 11) is 1.40. The Bertz CT molecular complexity index is 705. The minimum absolute atomic E-state index is 0.0833. The molecule has 1 aliphatic heterocycles. The first-order chi connectivity index (χ1) is 11.8. The van der Waals surface area contributed by atoms with E-state index >= 15 is 0 Å². The van der Waals surface area contributed by atoms with Gasteiger partial charge in [-0.25, -0.2) is 4.90 Å². The van der Waals surface area contributed by atoms with Crippen molar-refractivity contribution in [2.45, 2.75) is 32.9 Å². The van der Waals surface area contributed by atoms with Gasteiger partial charge in [0.05, 0.1) is 0 Å². The van der Waals surface area contributed by atoms with Gasteiger partial charge in [0.15, 0.2) is 0 Å². The van der Waals surface area contributed by atoms with Gasteiger partial charge in [-0.1, -0.05) is 39.0 Å². The smallest absolute Gasteiger partial charge is 0.332 e. The average molecular weight is 349 g/mol. The molecular weight excluding hydrogens is 324 g/mol. The fourth-order valence-corrected chi connectivity index (χ4v) is 2.15. The van der Waals surface area contributed by atoms with Crippen molar-refractivity contribution in [3.8, 4) is 5.75 Å². The molecule has 0 atom stereocenters. The zero-order valence-corrected chi connectivity index (χ0v) is 14.8. The number of pyridine rings is 1. The molecule has 1 aromatic carbocycles. The molecule has 6 heteroatoms. The van der Waals surface area contributed by atoms with Crippen LogP contribution in [0.25, 0.3) is 5.70 Å². The number of halogens is 2. The number of aromatic nitrogens is 1. The third-order valence-corrected chi connectivity index (χ3v) is 3.36. The molecule has 0 bridgehead atoms. The SMILES string of the molecule is C=C(N)c1ccccc1O.CCC.CN1Cc2cnccc2C1(F)F. The molecule has 1 aliphatic rings. The Morgan fingerprint density at radius 3 is 2.40 bits per heavy atom. The minimum atomic E-state index is -2.82. The molecule has 0 radical (unpaired) electrons. The molecule has 4 nitrogen and oxygen atoms in total. The first-order valence-electron chi connectivity index (χ1n) is 8.00. The van der Waals surface area contributed by atoms with Crippen LogP contribution in [-0.2, 0) is 12.6 Å². The normalized spacial score (nSPS) is 14.4. The van der Waals surface area contributed by atoms with Crippen LogP contribution < -0.4 is 5.73 Å². The van der Waals surface area contributed by atoms with Gasteiger partial charge in [-0.2, -0.15) is 8.78 Å².